The fraction of sp³-hybridized carbons (Fsp3) is 0.545. The Morgan fingerprint density at radius 3 is 2.31 bits per heavy atom. The lowest BCUT2D eigenvalue weighted by Gasteiger charge is -2.56. The van der Waals surface area contributed by atoms with Crippen molar-refractivity contribution in [3.05, 3.63) is 47.8 Å². The summed E-state index contributed by atoms with van der Waals surface area (Å²) >= 11 is 0. The van der Waals surface area contributed by atoms with Crippen molar-refractivity contribution in [2.45, 2.75) is 51.5 Å². The standard InChI is InChI=1S/C22H27N5O2/c28-20(12-22-9-16-6-17(10-22)8-18(7-16)11-22)24-25-21(29)19-14-27(26-23-19)13-15-4-2-1-3-5-15/h1-5,14,16-18H,6-13H2,(H,24,28)(H,25,29). The van der Waals surface area contributed by atoms with Crippen LogP contribution in [-0.4, -0.2) is 26.8 Å². The monoisotopic (exact) mass is 393 g/mol. The van der Waals surface area contributed by atoms with Gasteiger partial charge >= 0.3 is 0 Å². The summed E-state index contributed by atoms with van der Waals surface area (Å²) in [5.74, 6) is 1.88. The van der Waals surface area contributed by atoms with Crippen LogP contribution in [0.4, 0.5) is 0 Å². The van der Waals surface area contributed by atoms with Crippen molar-refractivity contribution in [1.29, 1.82) is 0 Å². The van der Waals surface area contributed by atoms with Crippen LogP contribution in [0.15, 0.2) is 36.5 Å². The third-order valence-corrected chi connectivity index (χ3v) is 6.97. The summed E-state index contributed by atoms with van der Waals surface area (Å²) < 4.78 is 1.61. The number of nitrogens with one attached hydrogen (secondary N) is 2. The van der Waals surface area contributed by atoms with Crippen molar-refractivity contribution in [1.82, 2.24) is 25.8 Å². The number of benzene rings is 1. The molecule has 2 aromatic rings. The molecule has 4 saturated carbocycles. The Balaban J connectivity index is 1.14. The van der Waals surface area contributed by atoms with Gasteiger partial charge in [0.15, 0.2) is 5.69 Å². The molecule has 2 amide bonds. The van der Waals surface area contributed by atoms with E-state index in [1.165, 1.54) is 38.5 Å². The van der Waals surface area contributed by atoms with Crippen LogP contribution in [-0.2, 0) is 11.3 Å². The van der Waals surface area contributed by atoms with Crippen LogP contribution in [0.5, 0.6) is 0 Å². The van der Waals surface area contributed by atoms with Gasteiger partial charge in [-0.25, -0.2) is 4.68 Å². The van der Waals surface area contributed by atoms with E-state index >= 15 is 0 Å². The SMILES string of the molecule is O=C(CC12CC3CC(CC(C3)C1)C2)NNC(=O)c1cn(Cc2ccccc2)nn1. The van der Waals surface area contributed by atoms with E-state index in [2.05, 4.69) is 21.2 Å². The van der Waals surface area contributed by atoms with Crippen molar-refractivity contribution in [2.75, 3.05) is 0 Å². The van der Waals surface area contributed by atoms with E-state index in [9.17, 15) is 9.59 Å². The zero-order valence-corrected chi connectivity index (χ0v) is 16.5. The molecular weight excluding hydrogens is 366 g/mol. The highest BCUT2D eigenvalue weighted by molar-refractivity contribution is 5.93. The second-order valence-corrected chi connectivity index (χ2v) is 9.38. The van der Waals surface area contributed by atoms with E-state index in [1.807, 2.05) is 30.3 Å². The molecule has 0 saturated heterocycles. The zero-order chi connectivity index (χ0) is 19.8. The molecule has 1 aromatic heterocycles. The minimum absolute atomic E-state index is 0.100. The number of carbonyl (C=O) groups is 2. The van der Waals surface area contributed by atoms with Crippen LogP contribution in [0, 0.1) is 23.2 Å². The van der Waals surface area contributed by atoms with E-state index in [-0.39, 0.29) is 17.0 Å². The molecule has 0 atom stereocenters. The first-order valence-electron chi connectivity index (χ1n) is 10.6. The van der Waals surface area contributed by atoms with Gasteiger partial charge in [-0.2, -0.15) is 0 Å². The van der Waals surface area contributed by atoms with Gasteiger partial charge in [0.1, 0.15) is 0 Å². The first kappa shape index (κ1) is 18.3. The van der Waals surface area contributed by atoms with Gasteiger partial charge in [0.05, 0.1) is 12.7 Å². The fourth-order valence-corrected chi connectivity index (χ4v) is 6.33. The number of hydrazine groups is 1. The maximum Gasteiger partial charge on any atom is 0.291 e. The Morgan fingerprint density at radius 1 is 1.00 bits per heavy atom. The summed E-state index contributed by atoms with van der Waals surface area (Å²) in [5, 5.41) is 7.92. The summed E-state index contributed by atoms with van der Waals surface area (Å²) in [6, 6.07) is 9.85. The summed E-state index contributed by atoms with van der Waals surface area (Å²) in [6.45, 7) is 0.541. The highest BCUT2D eigenvalue weighted by Gasteiger charge is 2.51. The van der Waals surface area contributed by atoms with E-state index in [0.717, 1.165) is 23.3 Å². The first-order chi connectivity index (χ1) is 14.1. The van der Waals surface area contributed by atoms with Crippen molar-refractivity contribution in [3.63, 3.8) is 0 Å². The molecule has 152 valence electrons. The van der Waals surface area contributed by atoms with Crippen LogP contribution in [0.1, 0.15) is 61.0 Å². The molecule has 0 unspecified atom stereocenters. The van der Waals surface area contributed by atoms with Gasteiger partial charge in [-0.15, -0.1) is 5.10 Å². The normalized spacial score (nSPS) is 29.6. The minimum Gasteiger partial charge on any atom is -0.273 e. The topological polar surface area (TPSA) is 88.9 Å². The quantitative estimate of drug-likeness (QED) is 0.765. The summed E-state index contributed by atoms with van der Waals surface area (Å²) in [6.07, 6.45) is 9.70. The maximum absolute atomic E-state index is 12.5. The molecule has 1 aromatic carbocycles. The lowest BCUT2D eigenvalue weighted by molar-refractivity contribution is -0.130. The third kappa shape index (κ3) is 3.91. The Morgan fingerprint density at radius 2 is 1.66 bits per heavy atom. The van der Waals surface area contributed by atoms with Crippen LogP contribution in [0.2, 0.25) is 0 Å². The lowest BCUT2D eigenvalue weighted by atomic mass is 9.49. The molecule has 7 heteroatoms. The molecule has 1 heterocycles. The van der Waals surface area contributed by atoms with Crippen molar-refractivity contribution >= 4 is 11.8 Å². The number of nitrogens with zero attached hydrogens (tertiary/aromatic N) is 3. The second kappa shape index (κ2) is 7.28. The summed E-state index contributed by atoms with van der Waals surface area (Å²) in [5.41, 5.74) is 6.53. The van der Waals surface area contributed by atoms with Gasteiger partial charge in [0.2, 0.25) is 5.91 Å². The largest absolute Gasteiger partial charge is 0.291 e. The maximum atomic E-state index is 12.5. The van der Waals surface area contributed by atoms with Crippen LogP contribution >= 0.6 is 0 Å². The predicted molar refractivity (Wildman–Crippen MR) is 106 cm³/mol. The van der Waals surface area contributed by atoms with Gasteiger partial charge in [0, 0.05) is 6.42 Å². The highest BCUT2D eigenvalue weighted by atomic mass is 16.2. The number of rotatable bonds is 5. The Kier molecular flexibility index (Phi) is 4.60. The van der Waals surface area contributed by atoms with Crippen LogP contribution in [0.25, 0.3) is 0 Å². The van der Waals surface area contributed by atoms with E-state index in [4.69, 9.17) is 0 Å². The van der Waals surface area contributed by atoms with Crippen LogP contribution < -0.4 is 10.9 Å². The third-order valence-electron chi connectivity index (χ3n) is 6.97. The molecule has 7 nitrogen and oxygen atoms in total. The van der Waals surface area contributed by atoms with Gasteiger partial charge in [-0.1, -0.05) is 35.5 Å². The summed E-state index contributed by atoms with van der Waals surface area (Å²) in [4.78, 5) is 24.9. The Labute approximate surface area is 170 Å². The predicted octanol–water partition coefficient (Wildman–Crippen LogP) is 2.69. The molecule has 4 fully saturated rings. The fourth-order valence-electron chi connectivity index (χ4n) is 6.33. The van der Waals surface area contributed by atoms with Gasteiger partial charge in [0.25, 0.3) is 5.91 Å². The molecular formula is C22H27N5O2. The lowest BCUT2D eigenvalue weighted by Crippen LogP contribution is -2.50. The molecule has 0 aliphatic heterocycles. The number of hydrogen-bond acceptors (Lipinski definition) is 4. The Bertz CT molecular complexity index is 872. The van der Waals surface area contributed by atoms with Crippen LogP contribution in [0.3, 0.4) is 0 Å². The Hall–Kier alpha value is -2.70. The molecule has 2 N–H and O–H groups in total. The highest BCUT2D eigenvalue weighted by Crippen LogP contribution is 2.61. The van der Waals surface area contributed by atoms with Gasteiger partial charge in [-0.05, 0) is 67.3 Å². The second-order valence-electron chi connectivity index (χ2n) is 9.38. The van der Waals surface area contributed by atoms with Crippen molar-refractivity contribution in [3.8, 4) is 0 Å². The summed E-state index contributed by atoms with van der Waals surface area (Å²) in [7, 11) is 0. The average molecular weight is 393 g/mol. The zero-order valence-electron chi connectivity index (χ0n) is 16.5. The number of hydrogen-bond donors (Lipinski definition) is 2. The number of amides is 2. The average Bonchev–Trinajstić information content (AvgIpc) is 3.14. The first-order valence-corrected chi connectivity index (χ1v) is 10.6. The van der Waals surface area contributed by atoms with Gasteiger partial charge in [-0.3, -0.25) is 20.4 Å². The molecule has 4 bridgehead atoms. The molecule has 4 aliphatic carbocycles. The minimum atomic E-state index is -0.442. The molecule has 0 radical (unpaired) electrons. The molecule has 0 spiro atoms. The number of aromatic nitrogens is 3. The van der Waals surface area contributed by atoms with E-state index in [1.54, 1.807) is 10.9 Å². The number of carbonyl (C=O) groups excluding carboxylic acids is 2. The van der Waals surface area contributed by atoms with Gasteiger partial charge < -0.3 is 0 Å². The van der Waals surface area contributed by atoms with E-state index < -0.39 is 5.91 Å². The smallest absolute Gasteiger partial charge is 0.273 e. The van der Waals surface area contributed by atoms with Crippen molar-refractivity contribution < 1.29 is 9.59 Å². The molecule has 29 heavy (non-hydrogen) atoms. The molecule has 6 rings (SSSR count). The molecule has 4 aliphatic rings. The van der Waals surface area contributed by atoms with E-state index in [0.29, 0.717) is 13.0 Å². The van der Waals surface area contributed by atoms with Crippen molar-refractivity contribution in [2.24, 2.45) is 23.2 Å².